The molecule has 1 saturated heterocycles. The van der Waals surface area contributed by atoms with Crippen LogP contribution in [0.3, 0.4) is 0 Å². The molecule has 3 rings (SSSR count). The Balaban J connectivity index is 1.88. The summed E-state index contributed by atoms with van der Waals surface area (Å²) in [4.78, 5) is 31.9. The minimum atomic E-state index is -0.545. The minimum absolute atomic E-state index is 0.0518. The molecule has 0 spiro atoms. The second-order valence-corrected chi connectivity index (χ2v) is 8.89. The highest BCUT2D eigenvalue weighted by Crippen LogP contribution is 2.43. The fourth-order valence-electron chi connectivity index (χ4n) is 3.59. The second kappa shape index (κ2) is 8.50. The SMILES string of the molecule is COCCn1cc([C@H]2[C@@H](C(=O)Nc3ncc(OC)s3)CC(=O)N2C(C)(C)C)cn1. The summed E-state index contributed by atoms with van der Waals surface area (Å²) in [6, 6.07) is -0.402. The van der Waals surface area contributed by atoms with Crippen LogP contribution in [0.4, 0.5) is 5.13 Å². The van der Waals surface area contributed by atoms with E-state index in [1.165, 1.54) is 11.3 Å². The maximum absolute atomic E-state index is 13.1. The van der Waals surface area contributed by atoms with E-state index in [0.717, 1.165) is 5.56 Å². The van der Waals surface area contributed by atoms with Crippen molar-refractivity contribution < 1.29 is 19.1 Å². The Morgan fingerprint density at radius 3 is 2.72 bits per heavy atom. The second-order valence-electron chi connectivity index (χ2n) is 7.90. The Hall–Kier alpha value is -2.46. The van der Waals surface area contributed by atoms with Gasteiger partial charge in [0, 0.05) is 30.8 Å². The van der Waals surface area contributed by atoms with E-state index in [-0.39, 0.29) is 18.2 Å². The fourth-order valence-corrected chi connectivity index (χ4v) is 4.23. The lowest BCUT2D eigenvalue weighted by Crippen LogP contribution is -2.44. The van der Waals surface area contributed by atoms with Gasteiger partial charge in [-0.15, -0.1) is 0 Å². The zero-order valence-electron chi connectivity index (χ0n) is 17.3. The van der Waals surface area contributed by atoms with E-state index in [0.29, 0.717) is 23.3 Å². The Bertz CT molecular complexity index is 872. The smallest absolute Gasteiger partial charge is 0.232 e. The largest absolute Gasteiger partial charge is 0.486 e. The van der Waals surface area contributed by atoms with Crippen LogP contribution in [-0.4, -0.2) is 57.8 Å². The number of hydrogen-bond acceptors (Lipinski definition) is 7. The lowest BCUT2D eigenvalue weighted by atomic mass is 9.93. The van der Waals surface area contributed by atoms with Crippen molar-refractivity contribution in [3.05, 3.63) is 24.2 Å². The Kier molecular flexibility index (Phi) is 6.23. The van der Waals surface area contributed by atoms with Crippen molar-refractivity contribution in [2.75, 3.05) is 26.1 Å². The lowest BCUT2D eigenvalue weighted by Gasteiger charge is -2.38. The normalized spacial score (nSPS) is 19.6. The van der Waals surface area contributed by atoms with Crippen LogP contribution in [0.15, 0.2) is 18.6 Å². The third kappa shape index (κ3) is 4.59. The molecule has 9 nitrogen and oxygen atoms in total. The molecule has 2 amide bonds. The molecule has 0 radical (unpaired) electrons. The summed E-state index contributed by atoms with van der Waals surface area (Å²) in [5.74, 6) is -0.836. The number of nitrogens with zero attached hydrogens (tertiary/aromatic N) is 4. The van der Waals surface area contributed by atoms with Crippen molar-refractivity contribution in [2.45, 2.75) is 45.3 Å². The number of carbonyl (C=O) groups excluding carboxylic acids is 2. The molecule has 10 heteroatoms. The van der Waals surface area contributed by atoms with Crippen LogP contribution in [0.1, 0.15) is 38.8 Å². The van der Waals surface area contributed by atoms with Gasteiger partial charge >= 0.3 is 0 Å². The minimum Gasteiger partial charge on any atom is -0.486 e. The molecule has 0 saturated carbocycles. The van der Waals surface area contributed by atoms with Crippen LogP contribution in [0.25, 0.3) is 0 Å². The van der Waals surface area contributed by atoms with E-state index in [1.807, 2.05) is 27.0 Å². The van der Waals surface area contributed by atoms with E-state index in [2.05, 4.69) is 15.4 Å². The van der Waals surface area contributed by atoms with Gasteiger partial charge in [0.1, 0.15) is 0 Å². The molecule has 0 bridgehead atoms. The summed E-state index contributed by atoms with van der Waals surface area (Å²) >= 11 is 1.24. The molecule has 0 aliphatic carbocycles. The summed E-state index contributed by atoms with van der Waals surface area (Å²) in [6.45, 7) is 7.05. The van der Waals surface area contributed by atoms with Crippen LogP contribution >= 0.6 is 11.3 Å². The van der Waals surface area contributed by atoms with Crippen molar-refractivity contribution in [1.29, 1.82) is 0 Å². The quantitative estimate of drug-likeness (QED) is 0.737. The predicted molar refractivity (Wildman–Crippen MR) is 109 cm³/mol. The summed E-state index contributed by atoms with van der Waals surface area (Å²) < 4.78 is 12.0. The lowest BCUT2D eigenvalue weighted by molar-refractivity contribution is -0.133. The average molecular weight is 422 g/mol. The number of ether oxygens (including phenoxy) is 2. The summed E-state index contributed by atoms with van der Waals surface area (Å²) in [6.07, 6.45) is 5.30. The molecule has 2 atom stereocenters. The summed E-state index contributed by atoms with van der Waals surface area (Å²) in [5.41, 5.74) is 0.397. The number of anilines is 1. The molecular weight excluding hydrogens is 394 g/mol. The maximum Gasteiger partial charge on any atom is 0.232 e. The highest BCUT2D eigenvalue weighted by molar-refractivity contribution is 7.17. The number of aromatic nitrogens is 3. The van der Waals surface area contributed by atoms with Crippen LogP contribution in [0.2, 0.25) is 0 Å². The molecule has 1 fully saturated rings. The number of likely N-dealkylation sites (tertiary alicyclic amines) is 1. The Morgan fingerprint density at radius 1 is 1.34 bits per heavy atom. The predicted octanol–water partition coefficient (Wildman–Crippen LogP) is 2.32. The zero-order valence-corrected chi connectivity index (χ0v) is 18.2. The number of thiazole rings is 1. The molecule has 29 heavy (non-hydrogen) atoms. The number of nitrogens with one attached hydrogen (secondary N) is 1. The van der Waals surface area contributed by atoms with Crippen molar-refractivity contribution in [2.24, 2.45) is 5.92 Å². The van der Waals surface area contributed by atoms with Gasteiger partial charge in [-0.1, -0.05) is 11.3 Å². The van der Waals surface area contributed by atoms with Crippen molar-refractivity contribution in [3.8, 4) is 5.06 Å². The number of methoxy groups -OCH3 is 2. The summed E-state index contributed by atoms with van der Waals surface area (Å²) in [7, 11) is 3.18. The van der Waals surface area contributed by atoms with Gasteiger partial charge in [0.15, 0.2) is 10.2 Å². The molecule has 0 aromatic carbocycles. The van der Waals surface area contributed by atoms with Gasteiger partial charge in [0.25, 0.3) is 0 Å². The molecule has 1 aliphatic rings. The van der Waals surface area contributed by atoms with Gasteiger partial charge in [-0.25, -0.2) is 4.98 Å². The van der Waals surface area contributed by atoms with E-state index < -0.39 is 17.5 Å². The maximum atomic E-state index is 13.1. The van der Waals surface area contributed by atoms with Crippen LogP contribution < -0.4 is 10.1 Å². The number of carbonyl (C=O) groups is 2. The van der Waals surface area contributed by atoms with E-state index in [9.17, 15) is 9.59 Å². The highest BCUT2D eigenvalue weighted by Gasteiger charge is 2.49. The first-order chi connectivity index (χ1) is 13.7. The molecule has 2 aromatic rings. The van der Waals surface area contributed by atoms with Crippen LogP contribution in [0.5, 0.6) is 5.06 Å². The molecule has 158 valence electrons. The van der Waals surface area contributed by atoms with E-state index in [4.69, 9.17) is 9.47 Å². The molecule has 0 unspecified atom stereocenters. The van der Waals surface area contributed by atoms with Gasteiger partial charge in [0.05, 0.1) is 44.6 Å². The number of hydrogen-bond donors (Lipinski definition) is 1. The van der Waals surface area contributed by atoms with Gasteiger partial charge in [-0.2, -0.15) is 5.10 Å². The molecule has 1 N–H and O–H groups in total. The first-order valence-corrected chi connectivity index (χ1v) is 10.2. The van der Waals surface area contributed by atoms with Crippen molar-refractivity contribution in [3.63, 3.8) is 0 Å². The Morgan fingerprint density at radius 2 is 2.10 bits per heavy atom. The first-order valence-electron chi connectivity index (χ1n) is 9.38. The average Bonchev–Trinajstić information content (AvgIpc) is 3.37. The van der Waals surface area contributed by atoms with Crippen LogP contribution in [-0.2, 0) is 20.9 Å². The van der Waals surface area contributed by atoms with Crippen molar-refractivity contribution in [1.82, 2.24) is 19.7 Å². The van der Waals surface area contributed by atoms with E-state index in [1.54, 1.807) is 36.2 Å². The monoisotopic (exact) mass is 421 g/mol. The van der Waals surface area contributed by atoms with Gasteiger partial charge in [0.2, 0.25) is 11.8 Å². The standard InChI is InChI=1S/C19H27N5O4S/c1-19(2,3)24-14(25)8-13(17(26)22-18-20-10-15(28-5)29-18)16(24)12-9-21-23(11-12)6-7-27-4/h9-11,13,16H,6-8H2,1-5H3,(H,20,22,26)/t13-,16-/m0/s1. The molecular formula is C19H27N5O4S. The van der Waals surface area contributed by atoms with Crippen molar-refractivity contribution >= 4 is 28.3 Å². The highest BCUT2D eigenvalue weighted by atomic mass is 32.1. The number of rotatable bonds is 7. The third-order valence-electron chi connectivity index (χ3n) is 4.82. The zero-order chi connectivity index (χ0) is 21.2. The van der Waals surface area contributed by atoms with Gasteiger partial charge < -0.3 is 19.7 Å². The molecule has 3 heterocycles. The summed E-state index contributed by atoms with van der Waals surface area (Å²) in [5, 5.41) is 8.26. The topological polar surface area (TPSA) is 98.6 Å². The van der Waals surface area contributed by atoms with Crippen LogP contribution in [0, 0.1) is 5.92 Å². The third-order valence-corrected chi connectivity index (χ3v) is 5.69. The van der Waals surface area contributed by atoms with Gasteiger partial charge in [-0.05, 0) is 20.8 Å². The number of amides is 2. The van der Waals surface area contributed by atoms with Gasteiger partial charge in [-0.3, -0.25) is 14.3 Å². The van der Waals surface area contributed by atoms with E-state index >= 15 is 0 Å². The first kappa shape index (κ1) is 21.3. The molecule has 2 aromatic heterocycles. The fraction of sp³-hybridized carbons (Fsp3) is 0.579. The Labute approximate surface area is 174 Å². The molecule has 1 aliphatic heterocycles.